The van der Waals surface area contributed by atoms with Crippen molar-refractivity contribution in [3.05, 3.63) is 47.5 Å². The maximum Gasteiger partial charge on any atom is 0.271 e. The average molecular weight is 523 g/mol. The normalized spacial score (nSPS) is 18.1. The highest BCUT2D eigenvalue weighted by Crippen LogP contribution is 2.35. The maximum absolute atomic E-state index is 13.4. The zero-order chi connectivity index (χ0) is 24.9. The van der Waals surface area contributed by atoms with Crippen LogP contribution in [0.4, 0.5) is 5.95 Å². The molecular formula is C20H23ClN8O5S. The second kappa shape index (κ2) is 11.1. The average Bonchev–Trinajstić information content (AvgIpc) is 3.28. The van der Waals surface area contributed by atoms with Crippen molar-refractivity contribution in [2.45, 2.75) is 24.2 Å². The molecule has 0 aromatic carbocycles. The van der Waals surface area contributed by atoms with Crippen molar-refractivity contribution in [2.75, 3.05) is 32.2 Å². The van der Waals surface area contributed by atoms with E-state index in [4.69, 9.17) is 25.8 Å². The van der Waals surface area contributed by atoms with Gasteiger partial charge in [0.25, 0.3) is 5.95 Å². The van der Waals surface area contributed by atoms with E-state index in [0.717, 1.165) is 6.33 Å². The predicted molar refractivity (Wildman–Crippen MR) is 126 cm³/mol. The number of anilines is 1. The van der Waals surface area contributed by atoms with Crippen molar-refractivity contribution < 1.29 is 23.9 Å². The van der Waals surface area contributed by atoms with Crippen LogP contribution in [-0.2, 0) is 20.8 Å². The summed E-state index contributed by atoms with van der Waals surface area (Å²) in [7, 11) is 2.87. The zero-order valence-electron chi connectivity index (χ0n) is 19.0. The summed E-state index contributed by atoms with van der Waals surface area (Å²) in [6, 6.07) is 0. The number of rotatable bonds is 9. The molecule has 4 atom stereocenters. The molecule has 4 rings (SSSR count). The molecule has 0 radical (unpaired) electrons. The number of aromatic nitrogens is 7. The van der Waals surface area contributed by atoms with Gasteiger partial charge in [0.1, 0.15) is 12.2 Å². The van der Waals surface area contributed by atoms with E-state index >= 15 is 0 Å². The Bertz CT molecular complexity index is 1180. The van der Waals surface area contributed by atoms with Gasteiger partial charge in [-0.15, -0.1) is 10.2 Å². The number of hydrogen-bond acceptors (Lipinski definition) is 12. The summed E-state index contributed by atoms with van der Waals surface area (Å²) >= 11 is 4.11. The van der Waals surface area contributed by atoms with Crippen molar-refractivity contribution in [3.8, 4) is 17.4 Å². The number of nitrogens with one attached hydrogen (secondary N) is 1. The smallest absolute Gasteiger partial charge is 0.271 e. The van der Waals surface area contributed by atoms with Gasteiger partial charge in [0.15, 0.2) is 22.9 Å². The number of halogens is 1. The first-order valence-corrected chi connectivity index (χ1v) is 12.0. The van der Waals surface area contributed by atoms with E-state index in [-0.39, 0.29) is 29.3 Å². The second-order valence-corrected chi connectivity index (χ2v) is 9.34. The van der Waals surface area contributed by atoms with Crippen molar-refractivity contribution >= 4 is 28.9 Å². The Morgan fingerprint density at radius 2 is 2.03 bits per heavy atom. The minimum Gasteiger partial charge on any atom is -0.593 e. The Morgan fingerprint density at radius 1 is 1.26 bits per heavy atom. The SMILES string of the molecule is COc1ncnc(O)c1-n1c(N[S+]([O-])C(C)C(OC)c2ncc(Cl)cn2)nnc1C1C=CCOC1. The van der Waals surface area contributed by atoms with Gasteiger partial charge in [-0.25, -0.2) is 9.97 Å². The maximum atomic E-state index is 13.4. The Kier molecular flexibility index (Phi) is 7.97. The molecule has 0 aliphatic carbocycles. The first-order chi connectivity index (χ1) is 16.9. The fourth-order valence-corrected chi connectivity index (χ4v) is 4.55. The van der Waals surface area contributed by atoms with E-state index in [0.29, 0.717) is 29.9 Å². The molecule has 1 aliphatic heterocycles. The van der Waals surface area contributed by atoms with E-state index < -0.39 is 22.7 Å². The van der Waals surface area contributed by atoms with Gasteiger partial charge < -0.3 is 23.9 Å². The first kappa shape index (κ1) is 25.1. The van der Waals surface area contributed by atoms with Crippen LogP contribution in [0.2, 0.25) is 5.02 Å². The number of aromatic hydroxyl groups is 1. The summed E-state index contributed by atoms with van der Waals surface area (Å²) < 4.78 is 34.1. The van der Waals surface area contributed by atoms with E-state index in [1.165, 1.54) is 31.2 Å². The molecule has 0 spiro atoms. The summed E-state index contributed by atoms with van der Waals surface area (Å²) in [5.74, 6) is 0.202. The highest BCUT2D eigenvalue weighted by atomic mass is 35.5. The molecule has 4 unspecified atom stereocenters. The van der Waals surface area contributed by atoms with Crippen molar-refractivity contribution in [1.29, 1.82) is 0 Å². The Hall–Kier alpha value is -3.04. The molecule has 4 heterocycles. The minimum atomic E-state index is -1.77. The number of ether oxygens (including phenoxy) is 3. The fraction of sp³-hybridized carbons (Fsp3) is 0.400. The van der Waals surface area contributed by atoms with E-state index in [1.807, 2.05) is 12.2 Å². The summed E-state index contributed by atoms with van der Waals surface area (Å²) in [6.45, 7) is 2.52. The van der Waals surface area contributed by atoms with Crippen LogP contribution in [0.25, 0.3) is 5.69 Å². The van der Waals surface area contributed by atoms with Crippen LogP contribution in [0.5, 0.6) is 11.8 Å². The van der Waals surface area contributed by atoms with Gasteiger partial charge >= 0.3 is 0 Å². The molecule has 1 aliphatic rings. The topological polar surface area (TPSA) is 165 Å². The highest BCUT2D eigenvalue weighted by molar-refractivity contribution is 7.93. The summed E-state index contributed by atoms with van der Waals surface area (Å²) in [5, 5.41) is 18.8. The molecule has 3 aromatic rings. The third kappa shape index (κ3) is 5.31. The van der Waals surface area contributed by atoms with E-state index in [9.17, 15) is 9.66 Å². The molecule has 186 valence electrons. The summed E-state index contributed by atoms with van der Waals surface area (Å²) in [4.78, 5) is 16.3. The minimum absolute atomic E-state index is 0.0689. The third-order valence-corrected chi connectivity index (χ3v) is 6.69. The predicted octanol–water partition coefficient (Wildman–Crippen LogP) is 1.74. The van der Waals surface area contributed by atoms with Crippen LogP contribution in [0.1, 0.15) is 30.6 Å². The molecule has 2 N–H and O–H groups in total. The Morgan fingerprint density at radius 3 is 2.69 bits per heavy atom. The zero-order valence-corrected chi connectivity index (χ0v) is 20.6. The molecule has 0 fully saturated rings. The van der Waals surface area contributed by atoms with Gasteiger partial charge in [-0.3, -0.25) is 4.57 Å². The lowest BCUT2D eigenvalue weighted by Gasteiger charge is -2.24. The summed E-state index contributed by atoms with van der Waals surface area (Å²) in [5.41, 5.74) is 0.0884. The molecule has 13 nitrogen and oxygen atoms in total. The molecule has 15 heteroatoms. The molecule has 3 aromatic heterocycles. The van der Waals surface area contributed by atoms with Crippen molar-refractivity contribution in [2.24, 2.45) is 0 Å². The number of nitrogens with zero attached hydrogens (tertiary/aromatic N) is 7. The molecule has 0 bridgehead atoms. The van der Waals surface area contributed by atoms with Crippen LogP contribution in [0.3, 0.4) is 0 Å². The monoisotopic (exact) mass is 522 g/mol. The van der Waals surface area contributed by atoms with Crippen LogP contribution >= 0.6 is 11.6 Å². The molecule has 0 saturated heterocycles. The summed E-state index contributed by atoms with van der Waals surface area (Å²) in [6.07, 6.45) is 7.09. The Balaban J connectivity index is 1.70. The van der Waals surface area contributed by atoms with Gasteiger partial charge in [-0.2, -0.15) is 14.7 Å². The largest absolute Gasteiger partial charge is 0.593 e. The van der Waals surface area contributed by atoms with Gasteiger partial charge in [0.05, 0.1) is 42.6 Å². The van der Waals surface area contributed by atoms with Gasteiger partial charge in [-0.1, -0.05) is 23.8 Å². The van der Waals surface area contributed by atoms with E-state index in [2.05, 4.69) is 34.9 Å². The fourth-order valence-electron chi connectivity index (χ4n) is 3.49. The van der Waals surface area contributed by atoms with Gasteiger partial charge in [0.2, 0.25) is 11.8 Å². The highest BCUT2D eigenvalue weighted by Gasteiger charge is 2.35. The van der Waals surface area contributed by atoms with Gasteiger partial charge in [-0.05, 0) is 6.92 Å². The van der Waals surface area contributed by atoms with Crippen LogP contribution in [-0.4, -0.2) is 77.0 Å². The number of methoxy groups -OCH3 is 2. The first-order valence-electron chi connectivity index (χ1n) is 10.4. The Labute approximate surface area is 208 Å². The van der Waals surface area contributed by atoms with Crippen LogP contribution < -0.4 is 9.46 Å². The molecular weight excluding hydrogens is 500 g/mol. The second-order valence-electron chi connectivity index (χ2n) is 7.36. The van der Waals surface area contributed by atoms with Gasteiger partial charge in [0, 0.05) is 19.5 Å². The van der Waals surface area contributed by atoms with Crippen LogP contribution in [0, 0.1) is 0 Å². The lowest BCUT2D eigenvalue weighted by atomic mass is 10.1. The van der Waals surface area contributed by atoms with Crippen molar-refractivity contribution in [3.63, 3.8) is 0 Å². The third-order valence-electron chi connectivity index (χ3n) is 5.19. The lowest BCUT2D eigenvalue weighted by molar-refractivity contribution is 0.0950. The lowest BCUT2D eigenvalue weighted by Crippen LogP contribution is -2.33. The number of hydrogen-bond donors (Lipinski definition) is 2. The van der Waals surface area contributed by atoms with Crippen molar-refractivity contribution in [1.82, 2.24) is 34.7 Å². The molecule has 35 heavy (non-hydrogen) atoms. The molecule has 0 saturated carbocycles. The van der Waals surface area contributed by atoms with E-state index in [1.54, 1.807) is 6.92 Å². The quantitative estimate of drug-likeness (QED) is 0.309. The molecule has 0 amide bonds. The standard InChI is InChI=1S/C20H23ClN8O5S/c1-11(15(32-2)16-22-7-13(21)8-23-16)35(31)28-20-27-26-17(12-5-4-6-34-9-12)29(20)14-18(30)24-10-25-19(14)33-3/h4-5,7-8,10-12,15H,6,9H2,1-3H3,(H,27,28)(H,24,25,30). The van der Waals surface area contributed by atoms with Crippen LogP contribution in [0.15, 0.2) is 30.9 Å².